The summed E-state index contributed by atoms with van der Waals surface area (Å²) in [6.07, 6.45) is -4.90. The summed E-state index contributed by atoms with van der Waals surface area (Å²) in [5, 5.41) is 9.82. The van der Waals surface area contributed by atoms with Crippen LogP contribution in [0.15, 0.2) is 18.2 Å². The lowest BCUT2D eigenvalue weighted by molar-refractivity contribution is -0.137. The van der Waals surface area contributed by atoms with Crippen molar-refractivity contribution in [2.24, 2.45) is 5.73 Å². The van der Waals surface area contributed by atoms with Crippen molar-refractivity contribution in [3.8, 4) is 5.75 Å². The van der Waals surface area contributed by atoms with E-state index >= 15 is 0 Å². The molecular formula is C15H22F3NO2. The molecule has 0 bridgehead atoms. The molecule has 0 heterocycles. The number of hydrogen-bond donors (Lipinski definition) is 2. The first-order valence-electron chi connectivity index (χ1n) is 6.94. The summed E-state index contributed by atoms with van der Waals surface area (Å²) in [4.78, 5) is 0. The van der Waals surface area contributed by atoms with Gasteiger partial charge in [-0.15, -0.1) is 0 Å². The van der Waals surface area contributed by atoms with Gasteiger partial charge in [0.05, 0.1) is 18.3 Å². The lowest BCUT2D eigenvalue weighted by Gasteiger charge is -2.22. The summed E-state index contributed by atoms with van der Waals surface area (Å²) >= 11 is 0. The number of hydrogen-bond acceptors (Lipinski definition) is 3. The molecule has 1 aromatic rings. The van der Waals surface area contributed by atoms with Crippen LogP contribution in [0.25, 0.3) is 0 Å². The van der Waals surface area contributed by atoms with Gasteiger partial charge in [0, 0.05) is 6.04 Å². The third kappa shape index (κ3) is 4.89. The van der Waals surface area contributed by atoms with Gasteiger partial charge in [0.25, 0.3) is 0 Å². The van der Waals surface area contributed by atoms with Crippen LogP contribution < -0.4 is 10.5 Å². The molecule has 1 aromatic carbocycles. The summed E-state index contributed by atoms with van der Waals surface area (Å²) in [5.74, 6) is 0.115. The largest absolute Gasteiger partial charge is 0.494 e. The molecule has 0 aliphatic rings. The van der Waals surface area contributed by atoms with Crippen molar-refractivity contribution < 1.29 is 23.0 Å². The van der Waals surface area contributed by atoms with Crippen molar-refractivity contribution in [1.29, 1.82) is 0 Å². The molecule has 0 aromatic heterocycles. The average Bonchev–Trinajstić information content (AvgIpc) is 2.37. The second-order valence-corrected chi connectivity index (χ2v) is 5.25. The highest BCUT2D eigenvalue weighted by Crippen LogP contribution is 2.36. The monoisotopic (exact) mass is 305 g/mol. The second kappa shape index (κ2) is 7.13. The van der Waals surface area contributed by atoms with Gasteiger partial charge in [-0.3, -0.25) is 0 Å². The Balaban J connectivity index is 3.10. The van der Waals surface area contributed by atoms with Crippen molar-refractivity contribution >= 4 is 0 Å². The Kier molecular flexibility index (Phi) is 6.04. The molecule has 120 valence electrons. The first kappa shape index (κ1) is 17.8. The minimum absolute atomic E-state index is 0.277. The molecule has 1 rings (SSSR count). The molecule has 0 radical (unpaired) electrons. The van der Waals surface area contributed by atoms with Crippen LogP contribution in [-0.4, -0.2) is 23.9 Å². The molecule has 0 amide bonds. The number of benzene rings is 1. The van der Waals surface area contributed by atoms with Gasteiger partial charge in [-0.05, 0) is 49.9 Å². The molecule has 0 fully saturated rings. The normalized spacial score (nSPS) is 16.4. The molecule has 0 aliphatic carbocycles. The Morgan fingerprint density at radius 3 is 2.38 bits per heavy atom. The number of ether oxygens (including phenoxy) is 1. The van der Waals surface area contributed by atoms with Crippen molar-refractivity contribution in [2.75, 3.05) is 6.61 Å². The van der Waals surface area contributed by atoms with Crippen LogP contribution in [0.2, 0.25) is 0 Å². The summed E-state index contributed by atoms with van der Waals surface area (Å²) in [6.45, 7) is 5.54. The van der Waals surface area contributed by atoms with E-state index < -0.39 is 23.9 Å². The molecule has 0 saturated heterocycles. The third-order valence-corrected chi connectivity index (χ3v) is 3.37. The molecule has 3 atom stereocenters. The van der Waals surface area contributed by atoms with Gasteiger partial charge < -0.3 is 15.6 Å². The smallest absolute Gasteiger partial charge is 0.416 e. The number of halogens is 3. The number of aliphatic hydroxyl groups excluding tert-OH is 1. The van der Waals surface area contributed by atoms with Crippen LogP contribution in [0.1, 0.15) is 44.2 Å². The molecule has 21 heavy (non-hydrogen) atoms. The molecular weight excluding hydrogens is 283 g/mol. The van der Waals surface area contributed by atoms with Crippen LogP contribution in [0, 0.1) is 0 Å². The van der Waals surface area contributed by atoms with Crippen LogP contribution in [0.4, 0.5) is 13.2 Å². The van der Waals surface area contributed by atoms with Crippen molar-refractivity contribution in [3.05, 3.63) is 29.3 Å². The van der Waals surface area contributed by atoms with E-state index in [4.69, 9.17) is 10.5 Å². The van der Waals surface area contributed by atoms with Crippen LogP contribution >= 0.6 is 0 Å². The average molecular weight is 305 g/mol. The zero-order chi connectivity index (χ0) is 16.2. The van der Waals surface area contributed by atoms with E-state index in [9.17, 15) is 18.3 Å². The first-order chi connectivity index (χ1) is 9.66. The fraction of sp³-hybridized carbons (Fsp3) is 0.600. The molecule has 6 heteroatoms. The number of nitrogens with two attached hydrogens (primary N) is 1. The number of rotatable bonds is 6. The fourth-order valence-corrected chi connectivity index (χ4v) is 2.10. The molecule has 0 spiro atoms. The van der Waals surface area contributed by atoms with E-state index in [1.165, 1.54) is 6.07 Å². The third-order valence-electron chi connectivity index (χ3n) is 3.37. The molecule has 3 unspecified atom stereocenters. The first-order valence-corrected chi connectivity index (χ1v) is 6.94. The molecule has 0 aliphatic heterocycles. The Morgan fingerprint density at radius 1 is 1.29 bits per heavy atom. The summed E-state index contributed by atoms with van der Waals surface area (Å²) in [6, 6.07) is 2.98. The molecule has 3 nitrogen and oxygen atoms in total. The van der Waals surface area contributed by atoms with E-state index in [2.05, 4.69) is 0 Å². The van der Waals surface area contributed by atoms with Gasteiger partial charge in [-0.1, -0.05) is 6.92 Å². The summed E-state index contributed by atoms with van der Waals surface area (Å²) in [7, 11) is 0. The van der Waals surface area contributed by atoms with Crippen LogP contribution in [0.3, 0.4) is 0 Å². The maximum Gasteiger partial charge on any atom is 0.416 e. The van der Waals surface area contributed by atoms with Crippen molar-refractivity contribution in [2.45, 2.75) is 51.4 Å². The summed E-state index contributed by atoms with van der Waals surface area (Å²) in [5.41, 5.74) is 5.31. The Morgan fingerprint density at radius 2 is 1.90 bits per heavy atom. The topological polar surface area (TPSA) is 55.5 Å². The van der Waals surface area contributed by atoms with E-state index in [-0.39, 0.29) is 12.3 Å². The van der Waals surface area contributed by atoms with Gasteiger partial charge in [-0.25, -0.2) is 0 Å². The Bertz CT molecular complexity index is 461. The number of aliphatic hydroxyl groups is 1. The highest BCUT2D eigenvalue weighted by molar-refractivity contribution is 5.40. The van der Waals surface area contributed by atoms with Gasteiger partial charge in [0.2, 0.25) is 0 Å². The van der Waals surface area contributed by atoms with Gasteiger partial charge in [-0.2, -0.15) is 13.2 Å². The van der Waals surface area contributed by atoms with E-state index in [1.54, 1.807) is 20.8 Å². The zero-order valence-corrected chi connectivity index (χ0v) is 12.4. The number of alkyl halides is 3. The summed E-state index contributed by atoms with van der Waals surface area (Å²) < 4.78 is 43.9. The van der Waals surface area contributed by atoms with Crippen molar-refractivity contribution in [3.63, 3.8) is 0 Å². The lowest BCUT2D eigenvalue weighted by atomic mass is 9.91. The Labute approximate surface area is 122 Å². The molecule has 3 N–H and O–H groups in total. The maximum atomic E-state index is 12.8. The van der Waals surface area contributed by atoms with Crippen LogP contribution in [0.5, 0.6) is 5.75 Å². The van der Waals surface area contributed by atoms with Gasteiger partial charge in [0.15, 0.2) is 0 Å². The van der Waals surface area contributed by atoms with E-state index in [1.807, 2.05) is 0 Å². The minimum Gasteiger partial charge on any atom is -0.494 e. The predicted octanol–water partition coefficient (Wildman–Crippen LogP) is 3.31. The predicted molar refractivity (Wildman–Crippen MR) is 75.3 cm³/mol. The molecule has 0 saturated carbocycles. The SMILES string of the molecule is CCOc1ccc(C(F)(F)F)cc1C(C)CC(O)C(C)N. The van der Waals surface area contributed by atoms with E-state index in [0.29, 0.717) is 17.9 Å². The minimum atomic E-state index is -4.40. The fourth-order valence-electron chi connectivity index (χ4n) is 2.10. The lowest BCUT2D eigenvalue weighted by Crippen LogP contribution is -2.32. The van der Waals surface area contributed by atoms with Gasteiger partial charge >= 0.3 is 6.18 Å². The van der Waals surface area contributed by atoms with Gasteiger partial charge in [0.1, 0.15) is 5.75 Å². The van der Waals surface area contributed by atoms with Crippen molar-refractivity contribution in [1.82, 2.24) is 0 Å². The standard InChI is InChI=1S/C15H22F3NO2/c1-4-21-14-6-5-11(15(16,17)18)8-12(14)9(2)7-13(20)10(3)19/h5-6,8-10,13,20H,4,7,19H2,1-3H3. The zero-order valence-electron chi connectivity index (χ0n) is 12.4. The second-order valence-electron chi connectivity index (χ2n) is 5.25. The highest BCUT2D eigenvalue weighted by Gasteiger charge is 2.32. The van der Waals surface area contributed by atoms with E-state index in [0.717, 1.165) is 12.1 Å². The highest BCUT2D eigenvalue weighted by atomic mass is 19.4. The Hall–Kier alpha value is -1.27. The van der Waals surface area contributed by atoms with Crippen LogP contribution in [-0.2, 0) is 6.18 Å². The quantitative estimate of drug-likeness (QED) is 0.848. The maximum absolute atomic E-state index is 12.8.